The van der Waals surface area contributed by atoms with Crippen LogP contribution in [0.15, 0.2) is 83.8 Å². The van der Waals surface area contributed by atoms with Gasteiger partial charge in [-0.3, -0.25) is 13.9 Å². The molecule has 0 fully saturated rings. The maximum Gasteiger partial charge on any atom is 0.264 e. The molecular weight excluding hydrogens is 502 g/mol. The van der Waals surface area contributed by atoms with E-state index in [9.17, 15) is 18.0 Å². The number of nitrogens with one attached hydrogen (secondary N) is 1. The van der Waals surface area contributed by atoms with Crippen molar-refractivity contribution in [2.75, 3.05) is 24.5 Å². The molecule has 2 amide bonds. The van der Waals surface area contributed by atoms with E-state index in [-0.39, 0.29) is 17.3 Å². The van der Waals surface area contributed by atoms with Gasteiger partial charge in [0, 0.05) is 13.1 Å². The largest absolute Gasteiger partial charge is 0.497 e. The van der Waals surface area contributed by atoms with Gasteiger partial charge >= 0.3 is 0 Å². The number of carbonyl (C=O) groups excluding carboxylic acids is 2. The number of carbonyl (C=O) groups is 2. The molecule has 0 saturated carbocycles. The van der Waals surface area contributed by atoms with Crippen LogP contribution in [-0.2, 0) is 26.2 Å². The number of anilines is 1. The predicted octanol–water partition coefficient (Wildman–Crippen LogP) is 4.14. The van der Waals surface area contributed by atoms with Gasteiger partial charge in [0.1, 0.15) is 18.3 Å². The molecule has 1 atom stereocenters. The summed E-state index contributed by atoms with van der Waals surface area (Å²) < 4.78 is 33.9. The fourth-order valence-corrected chi connectivity index (χ4v) is 5.29. The number of nitrogens with zero attached hydrogens (tertiary/aromatic N) is 2. The molecule has 3 aromatic carbocycles. The number of methoxy groups -OCH3 is 1. The molecule has 0 unspecified atom stereocenters. The first-order valence-corrected chi connectivity index (χ1v) is 14.0. The van der Waals surface area contributed by atoms with Gasteiger partial charge in [0.2, 0.25) is 11.8 Å². The van der Waals surface area contributed by atoms with E-state index in [4.69, 9.17) is 4.74 Å². The highest BCUT2D eigenvalue weighted by atomic mass is 32.2. The second-order valence-electron chi connectivity index (χ2n) is 9.00. The van der Waals surface area contributed by atoms with Crippen LogP contribution in [0.1, 0.15) is 31.4 Å². The van der Waals surface area contributed by atoms with Crippen molar-refractivity contribution in [3.63, 3.8) is 0 Å². The zero-order chi connectivity index (χ0) is 27.7. The Hall–Kier alpha value is -3.85. The van der Waals surface area contributed by atoms with Gasteiger partial charge in [0.25, 0.3) is 10.0 Å². The van der Waals surface area contributed by atoms with Gasteiger partial charge in [-0.05, 0) is 62.2 Å². The fourth-order valence-electron chi connectivity index (χ4n) is 3.87. The van der Waals surface area contributed by atoms with E-state index in [1.165, 1.54) is 24.1 Å². The summed E-state index contributed by atoms with van der Waals surface area (Å²) in [6.07, 6.45) is 0.755. The van der Waals surface area contributed by atoms with Gasteiger partial charge in [-0.25, -0.2) is 8.42 Å². The van der Waals surface area contributed by atoms with Crippen molar-refractivity contribution >= 4 is 27.5 Å². The standard InChI is InChI=1S/C29H35N3O5S/c1-5-19-30-29(34)23(3)31(20-24-9-7-6-8-10-24)28(33)21-32(25-13-15-26(37-4)16-14-25)38(35,36)27-17-11-22(2)12-18-27/h6-18,23H,5,19-21H2,1-4H3,(H,30,34)/t23-/m1/s1. The van der Waals surface area contributed by atoms with Crippen LogP contribution in [0.3, 0.4) is 0 Å². The third-order valence-electron chi connectivity index (χ3n) is 6.16. The van der Waals surface area contributed by atoms with Crippen LogP contribution in [0.4, 0.5) is 5.69 Å². The van der Waals surface area contributed by atoms with Gasteiger partial charge in [0.05, 0.1) is 17.7 Å². The molecule has 0 radical (unpaired) electrons. The summed E-state index contributed by atoms with van der Waals surface area (Å²) in [6, 6.07) is 21.4. The third kappa shape index (κ3) is 7.13. The number of sulfonamides is 1. The van der Waals surface area contributed by atoms with E-state index in [1.807, 2.05) is 44.2 Å². The number of amides is 2. The van der Waals surface area contributed by atoms with Crippen LogP contribution >= 0.6 is 0 Å². The van der Waals surface area contributed by atoms with Crippen molar-refractivity contribution in [2.24, 2.45) is 0 Å². The zero-order valence-corrected chi connectivity index (χ0v) is 23.1. The average Bonchev–Trinajstić information content (AvgIpc) is 2.93. The second-order valence-corrected chi connectivity index (χ2v) is 10.9. The number of rotatable bonds is 12. The van der Waals surface area contributed by atoms with E-state index in [1.54, 1.807) is 43.3 Å². The summed E-state index contributed by atoms with van der Waals surface area (Å²) in [5, 5.41) is 2.83. The molecule has 0 aliphatic rings. The average molecular weight is 538 g/mol. The Morgan fingerprint density at radius 3 is 2.16 bits per heavy atom. The van der Waals surface area contributed by atoms with Gasteiger partial charge < -0.3 is 15.0 Å². The highest BCUT2D eigenvalue weighted by Gasteiger charge is 2.32. The molecule has 0 spiro atoms. The molecular formula is C29H35N3O5S. The van der Waals surface area contributed by atoms with Crippen molar-refractivity contribution in [3.8, 4) is 5.75 Å². The minimum absolute atomic E-state index is 0.0649. The monoisotopic (exact) mass is 537 g/mol. The summed E-state index contributed by atoms with van der Waals surface area (Å²) in [6.45, 7) is 5.62. The Morgan fingerprint density at radius 1 is 0.947 bits per heavy atom. The topological polar surface area (TPSA) is 96.0 Å². The van der Waals surface area contributed by atoms with Gasteiger partial charge in [-0.1, -0.05) is 55.0 Å². The van der Waals surface area contributed by atoms with Gasteiger partial charge in [0.15, 0.2) is 0 Å². The highest BCUT2D eigenvalue weighted by molar-refractivity contribution is 7.92. The lowest BCUT2D eigenvalue weighted by atomic mass is 10.1. The molecule has 9 heteroatoms. The van der Waals surface area contributed by atoms with Crippen molar-refractivity contribution in [1.82, 2.24) is 10.2 Å². The lowest BCUT2D eigenvalue weighted by molar-refractivity contribution is -0.139. The van der Waals surface area contributed by atoms with Crippen LogP contribution in [0.2, 0.25) is 0 Å². The first-order valence-electron chi connectivity index (χ1n) is 12.5. The lowest BCUT2D eigenvalue weighted by Gasteiger charge is -2.32. The Balaban J connectivity index is 2.00. The van der Waals surface area contributed by atoms with Crippen LogP contribution < -0.4 is 14.4 Å². The van der Waals surface area contributed by atoms with Crippen LogP contribution in [0.25, 0.3) is 0 Å². The molecule has 202 valence electrons. The maximum atomic E-state index is 13.8. The number of ether oxygens (including phenoxy) is 1. The molecule has 8 nitrogen and oxygen atoms in total. The third-order valence-corrected chi connectivity index (χ3v) is 7.95. The fraction of sp³-hybridized carbons (Fsp3) is 0.310. The Bertz CT molecular complexity index is 1310. The van der Waals surface area contributed by atoms with E-state index >= 15 is 0 Å². The molecule has 0 heterocycles. The summed E-state index contributed by atoms with van der Waals surface area (Å²) in [7, 11) is -2.59. The molecule has 3 rings (SSSR count). The summed E-state index contributed by atoms with van der Waals surface area (Å²) in [5.41, 5.74) is 2.05. The van der Waals surface area contributed by atoms with E-state index in [0.29, 0.717) is 18.0 Å². The molecule has 0 saturated heterocycles. The summed E-state index contributed by atoms with van der Waals surface area (Å²) in [4.78, 5) is 28.2. The Kier molecular flexibility index (Phi) is 9.90. The first kappa shape index (κ1) is 28.7. The predicted molar refractivity (Wildman–Crippen MR) is 148 cm³/mol. The van der Waals surface area contributed by atoms with Crippen LogP contribution in [0.5, 0.6) is 5.75 Å². The summed E-state index contributed by atoms with van der Waals surface area (Å²) >= 11 is 0. The second kappa shape index (κ2) is 13.1. The number of hydrogen-bond donors (Lipinski definition) is 1. The molecule has 3 aromatic rings. The first-order chi connectivity index (χ1) is 18.2. The molecule has 38 heavy (non-hydrogen) atoms. The maximum absolute atomic E-state index is 13.8. The minimum atomic E-state index is -4.11. The lowest BCUT2D eigenvalue weighted by Crippen LogP contribution is -2.51. The quantitative estimate of drug-likeness (QED) is 0.375. The Labute approximate surface area is 225 Å². The molecule has 0 aromatic heterocycles. The van der Waals surface area contributed by atoms with Crippen molar-refractivity contribution in [2.45, 2.75) is 44.7 Å². The van der Waals surface area contributed by atoms with Crippen molar-refractivity contribution in [3.05, 3.63) is 90.0 Å². The highest BCUT2D eigenvalue weighted by Crippen LogP contribution is 2.26. The van der Waals surface area contributed by atoms with Gasteiger partial charge in [-0.15, -0.1) is 0 Å². The number of aryl methyl sites for hydroxylation is 1. The SMILES string of the molecule is CCCNC(=O)[C@@H](C)N(Cc1ccccc1)C(=O)CN(c1ccc(OC)cc1)S(=O)(=O)c1ccc(C)cc1. The van der Waals surface area contributed by atoms with Crippen LogP contribution in [-0.4, -0.2) is 51.4 Å². The number of hydrogen-bond acceptors (Lipinski definition) is 5. The van der Waals surface area contributed by atoms with Crippen molar-refractivity contribution in [1.29, 1.82) is 0 Å². The summed E-state index contributed by atoms with van der Waals surface area (Å²) in [5.74, 6) is -0.243. The van der Waals surface area contributed by atoms with Crippen LogP contribution in [0, 0.1) is 6.92 Å². The van der Waals surface area contributed by atoms with Crippen molar-refractivity contribution < 1.29 is 22.7 Å². The van der Waals surface area contributed by atoms with E-state index in [0.717, 1.165) is 21.9 Å². The van der Waals surface area contributed by atoms with Gasteiger partial charge in [-0.2, -0.15) is 0 Å². The molecule has 1 N–H and O–H groups in total. The van der Waals surface area contributed by atoms with E-state index < -0.39 is 28.5 Å². The zero-order valence-electron chi connectivity index (χ0n) is 22.3. The normalized spacial score (nSPS) is 11.9. The molecule has 0 aliphatic heterocycles. The Morgan fingerprint density at radius 2 is 1.58 bits per heavy atom. The molecule has 0 bridgehead atoms. The van der Waals surface area contributed by atoms with E-state index in [2.05, 4.69) is 5.32 Å². The minimum Gasteiger partial charge on any atom is -0.497 e. The molecule has 0 aliphatic carbocycles. The number of benzene rings is 3. The smallest absolute Gasteiger partial charge is 0.264 e.